The van der Waals surface area contributed by atoms with Crippen LogP contribution in [0, 0.1) is 6.92 Å². The molecule has 0 radical (unpaired) electrons. The van der Waals surface area contributed by atoms with Crippen LogP contribution in [0.4, 0.5) is 11.4 Å². The zero-order chi connectivity index (χ0) is 24.1. The van der Waals surface area contributed by atoms with Gasteiger partial charge in [-0.3, -0.25) is 14.1 Å². The van der Waals surface area contributed by atoms with Crippen molar-refractivity contribution in [1.29, 1.82) is 0 Å². The molecular formula is C23H23N5O4S2. The fourth-order valence-corrected chi connectivity index (χ4v) is 4.59. The minimum atomic E-state index is -3.43. The van der Waals surface area contributed by atoms with E-state index in [2.05, 4.69) is 20.2 Å². The number of hydrogen-bond donors (Lipinski definition) is 2. The lowest BCUT2D eigenvalue weighted by molar-refractivity contribution is -0.113. The molecule has 0 atom stereocenters. The molecule has 0 aliphatic heterocycles. The molecule has 0 saturated carbocycles. The molecule has 0 fully saturated rings. The van der Waals surface area contributed by atoms with Crippen molar-refractivity contribution in [3.05, 3.63) is 78.1 Å². The number of aromatic nitrogens is 3. The third-order valence-corrected chi connectivity index (χ3v) is 6.35. The molecule has 1 amide bonds. The van der Waals surface area contributed by atoms with Crippen molar-refractivity contribution < 1.29 is 17.6 Å². The van der Waals surface area contributed by atoms with Crippen LogP contribution in [0.15, 0.2) is 76.5 Å². The standard InChI is InChI=1S/C23H23N5O4S2/c1-16-10-11-18(13-19(16)27-34(2,30)31)24-21(29)15-33-23-26-25-22(20-9-6-12-32-20)28(23)14-17-7-4-3-5-8-17/h3-13,27H,14-15H2,1-2H3,(H,24,29). The van der Waals surface area contributed by atoms with E-state index in [4.69, 9.17) is 4.42 Å². The summed E-state index contributed by atoms with van der Waals surface area (Å²) < 4.78 is 33.0. The number of anilines is 2. The monoisotopic (exact) mass is 497 g/mol. The lowest BCUT2D eigenvalue weighted by Crippen LogP contribution is -2.16. The van der Waals surface area contributed by atoms with Crippen LogP contribution in [-0.2, 0) is 21.4 Å². The molecule has 0 saturated heterocycles. The fraction of sp³-hybridized carbons (Fsp3) is 0.174. The zero-order valence-electron chi connectivity index (χ0n) is 18.6. The summed E-state index contributed by atoms with van der Waals surface area (Å²) in [4.78, 5) is 12.6. The van der Waals surface area contributed by atoms with Gasteiger partial charge in [-0.15, -0.1) is 10.2 Å². The first kappa shape index (κ1) is 23.6. The molecule has 0 aliphatic rings. The average molecular weight is 498 g/mol. The Morgan fingerprint density at radius 3 is 2.59 bits per heavy atom. The van der Waals surface area contributed by atoms with Crippen LogP contribution in [0.2, 0.25) is 0 Å². The van der Waals surface area contributed by atoms with Crippen molar-refractivity contribution >= 4 is 39.1 Å². The van der Waals surface area contributed by atoms with E-state index < -0.39 is 10.0 Å². The predicted octanol–water partition coefficient (Wildman–Crippen LogP) is 4.00. The van der Waals surface area contributed by atoms with Crippen LogP contribution in [0.25, 0.3) is 11.6 Å². The van der Waals surface area contributed by atoms with Crippen LogP contribution in [-0.4, -0.2) is 41.1 Å². The average Bonchev–Trinajstić information content (AvgIpc) is 3.44. The summed E-state index contributed by atoms with van der Waals surface area (Å²) in [5, 5.41) is 11.9. The summed E-state index contributed by atoms with van der Waals surface area (Å²) in [6, 6.07) is 18.5. The predicted molar refractivity (Wildman–Crippen MR) is 132 cm³/mol. The topological polar surface area (TPSA) is 119 Å². The second-order valence-electron chi connectivity index (χ2n) is 7.60. The van der Waals surface area contributed by atoms with E-state index in [1.54, 1.807) is 37.5 Å². The van der Waals surface area contributed by atoms with Gasteiger partial charge in [0.25, 0.3) is 0 Å². The minimum absolute atomic E-state index is 0.0911. The first-order valence-corrected chi connectivity index (χ1v) is 13.2. The highest BCUT2D eigenvalue weighted by Gasteiger charge is 2.18. The molecule has 9 nitrogen and oxygen atoms in total. The van der Waals surface area contributed by atoms with Crippen LogP contribution in [0.5, 0.6) is 0 Å². The molecule has 0 spiro atoms. The largest absolute Gasteiger partial charge is 0.461 e. The lowest BCUT2D eigenvalue weighted by atomic mass is 10.2. The SMILES string of the molecule is Cc1ccc(NC(=O)CSc2nnc(-c3ccco3)n2Cc2ccccc2)cc1NS(C)(=O)=O. The van der Waals surface area contributed by atoms with Gasteiger partial charge in [-0.05, 0) is 42.3 Å². The third kappa shape index (κ3) is 6.06. The lowest BCUT2D eigenvalue weighted by Gasteiger charge is -2.12. The molecule has 2 heterocycles. The first-order chi connectivity index (χ1) is 16.3. The molecule has 4 aromatic rings. The Balaban J connectivity index is 1.48. The number of amides is 1. The smallest absolute Gasteiger partial charge is 0.234 e. The van der Waals surface area contributed by atoms with Crippen molar-refractivity contribution in [2.75, 3.05) is 22.0 Å². The maximum Gasteiger partial charge on any atom is 0.234 e. The first-order valence-electron chi connectivity index (χ1n) is 10.3. The number of nitrogens with zero attached hydrogens (tertiary/aromatic N) is 3. The molecule has 176 valence electrons. The Bertz CT molecular complexity index is 1380. The summed E-state index contributed by atoms with van der Waals surface area (Å²) in [5.74, 6) is 0.999. The van der Waals surface area contributed by atoms with E-state index in [1.165, 1.54) is 11.8 Å². The maximum absolute atomic E-state index is 12.6. The van der Waals surface area contributed by atoms with Gasteiger partial charge in [0.1, 0.15) is 0 Å². The molecule has 11 heteroatoms. The molecule has 34 heavy (non-hydrogen) atoms. The highest BCUT2D eigenvalue weighted by Crippen LogP contribution is 2.26. The number of nitrogens with one attached hydrogen (secondary N) is 2. The minimum Gasteiger partial charge on any atom is -0.461 e. The Morgan fingerprint density at radius 1 is 1.09 bits per heavy atom. The van der Waals surface area contributed by atoms with Crippen molar-refractivity contribution in [2.45, 2.75) is 18.6 Å². The molecule has 0 unspecified atom stereocenters. The second kappa shape index (κ2) is 10.1. The highest BCUT2D eigenvalue weighted by atomic mass is 32.2. The van der Waals surface area contributed by atoms with Gasteiger partial charge in [0.15, 0.2) is 10.9 Å². The number of aryl methyl sites for hydroxylation is 1. The number of furan rings is 1. The van der Waals surface area contributed by atoms with Crippen molar-refractivity contribution in [3.8, 4) is 11.6 Å². The quantitative estimate of drug-likeness (QED) is 0.336. The normalized spacial score (nSPS) is 11.4. The molecule has 4 rings (SSSR count). The van der Waals surface area contributed by atoms with E-state index in [0.717, 1.165) is 17.4 Å². The van der Waals surface area contributed by atoms with Crippen LogP contribution in [0.1, 0.15) is 11.1 Å². The molecule has 0 aliphatic carbocycles. The van der Waals surface area contributed by atoms with Gasteiger partial charge in [-0.1, -0.05) is 48.2 Å². The van der Waals surface area contributed by atoms with E-state index in [9.17, 15) is 13.2 Å². The van der Waals surface area contributed by atoms with Gasteiger partial charge in [-0.2, -0.15) is 0 Å². The van der Waals surface area contributed by atoms with Crippen LogP contribution in [0.3, 0.4) is 0 Å². The van der Waals surface area contributed by atoms with E-state index in [-0.39, 0.29) is 11.7 Å². The summed E-state index contributed by atoms with van der Waals surface area (Å²) >= 11 is 1.25. The van der Waals surface area contributed by atoms with E-state index in [0.29, 0.717) is 34.7 Å². The number of carbonyl (C=O) groups is 1. The highest BCUT2D eigenvalue weighted by molar-refractivity contribution is 7.99. The Kier molecular flexibility index (Phi) is 7.03. The van der Waals surface area contributed by atoms with Gasteiger partial charge in [0.2, 0.25) is 21.8 Å². The number of rotatable bonds is 9. The summed E-state index contributed by atoms with van der Waals surface area (Å²) in [6.07, 6.45) is 2.66. The summed E-state index contributed by atoms with van der Waals surface area (Å²) in [5.41, 5.74) is 2.72. The van der Waals surface area contributed by atoms with Crippen molar-refractivity contribution in [3.63, 3.8) is 0 Å². The van der Waals surface area contributed by atoms with Crippen LogP contribution < -0.4 is 10.0 Å². The zero-order valence-corrected chi connectivity index (χ0v) is 20.2. The van der Waals surface area contributed by atoms with Gasteiger partial charge >= 0.3 is 0 Å². The number of sulfonamides is 1. The maximum atomic E-state index is 12.6. The summed E-state index contributed by atoms with van der Waals surface area (Å²) in [7, 11) is -3.43. The van der Waals surface area contributed by atoms with Gasteiger partial charge < -0.3 is 9.73 Å². The summed E-state index contributed by atoms with van der Waals surface area (Å²) in [6.45, 7) is 2.30. The third-order valence-electron chi connectivity index (χ3n) is 4.79. The van der Waals surface area contributed by atoms with E-state index >= 15 is 0 Å². The number of thioether (sulfide) groups is 1. The Hall–Kier alpha value is -3.57. The van der Waals surface area contributed by atoms with Crippen molar-refractivity contribution in [2.24, 2.45) is 0 Å². The molecule has 0 bridgehead atoms. The Morgan fingerprint density at radius 2 is 1.88 bits per heavy atom. The van der Waals surface area contributed by atoms with Gasteiger partial charge in [0, 0.05) is 5.69 Å². The Labute approximate surface area is 201 Å². The van der Waals surface area contributed by atoms with Crippen molar-refractivity contribution in [1.82, 2.24) is 14.8 Å². The van der Waals surface area contributed by atoms with E-state index in [1.807, 2.05) is 41.0 Å². The van der Waals surface area contributed by atoms with Gasteiger partial charge in [0.05, 0.1) is 30.5 Å². The second-order valence-corrected chi connectivity index (χ2v) is 10.3. The van der Waals surface area contributed by atoms with Crippen LogP contribution >= 0.6 is 11.8 Å². The molecular weight excluding hydrogens is 474 g/mol. The van der Waals surface area contributed by atoms with Gasteiger partial charge in [-0.25, -0.2) is 8.42 Å². The number of hydrogen-bond acceptors (Lipinski definition) is 7. The molecule has 2 N–H and O–H groups in total. The number of benzene rings is 2. The molecule has 2 aromatic heterocycles. The molecule has 2 aromatic carbocycles. The fourth-order valence-electron chi connectivity index (χ4n) is 3.23. The number of carbonyl (C=O) groups excluding carboxylic acids is 1.